The van der Waals surface area contributed by atoms with E-state index in [1.807, 2.05) is 6.07 Å². The Labute approximate surface area is 109 Å². The molecule has 0 saturated carbocycles. The topological polar surface area (TPSA) is 63.4 Å². The van der Waals surface area contributed by atoms with Gasteiger partial charge in [0.2, 0.25) is 0 Å². The van der Waals surface area contributed by atoms with Crippen molar-refractivity contribution in [3.63, 3.8) is 0 Å². The van der Waals surface area contributed by atoms with Crippen molar-refractivity contribution in [1.29, 1.82) is 0 Å². The zero-order valence-electron chi connectivity index (χ0n) is 10.9. The van der Waals surface area contributed by atoms with Crippen molar-refractivity contribution in [2.75, 3.05) is 30.0 Å². The van der Waals surface area contributed by atoms with Gasteiger partial charge in [-0.2, -0.15) is 0 Å². The van der Waals surface area contributed by atoms with E-state index in [9.17, 15) is 8.42 Å². The fraction of sp³-hybridized carbons (Fsp3) is 0.538. The Hall–Kier alpha value is -1.23. The lowest BCUT2D eigenvalue weighted by atomic mass is 10.00. The second kappa shape index (κ2) is 4.80. The lowest BCUT2D eigenvalue weighted by Gasteiger charge is -2.33. The van der Waals surface area contributed by atoms with E-state index >= 15 is 0 Å². The molecule has 0 spiro atoms. The van der Waals surface area contributed by atoms with E-state index in [4.69, 9.17) is 5.73 Å². The van der Waals surface area contributed by atoms with Crippen LogP contribution in [0.5, 0.6) is 0 Å². The number of nitrogens with two attached hydrogens (primary N) is 1. The summed E-state index contributed by atoms with van der Waals surface area (Å²) in [5.41, 5.74) is 7.20. The van der Waals surface area contributed by atoms with Crippen molar-refractivity contribution in [2.45, 2.75) is 24.7 Å². The number of rotatable bonds is 2. The molecule has 1 aliphatic heterocycles. The Morgan fingerprint density at radius 1 is 1.39 bits per heavy atom. The highest BCUT2D eigenvalue weighted by Gasteiger charge is 2.18. The van der Waals surface area contributed by atoms with E-state index in [1.54, 1.807) is 12.1 Å². The summed E-state index contributed by atoms with van der Waals surface area (Å²) in [6.45, 7) is 4.26. The summed E-state index contributed by atoms with van der Waals surface area (Å²) >= 11 is 0. The first-order valence-electron chi connectivity index (χ1n) is 6.22. The predicted octanol–water partition coefficient (Wildman–Crippen LogP) is 1.91. The molecule has 1 saturated heterocycles. The molecule has 1 unspecified atom stereocenters. The van der Waals surface area contributed by atoms with Crippen molar-refractivity contribution >= 4 is 21.2 Å². The van der Waals surface area contributed by atoms with Crippen LogP contribution in [0.25, 0.3) is 0 Å². The van der Waals surface area contributed by atoms with Gasteiger partial charge in [0.05, 0.1) is 10.6 Å². The third kappa shape index (κ3) is 2.77. The van der Waals surface area contributed by atoms with Gasteiger partial charge in [0.1, 0.15) is 0 Å². The highest BCUT2D eigenvalue weighted by Crippen LogP contribution is 2.28. The standard InChI is InChI=1S/C13H20N2O2S/c1-10-4-3-7-15(9-10)11-5-6-13(12(14)8-11)18(2,16)17/h5-6,8,10H,3-4,7,9,14H2,1-2H3. The number of piperidine rings is 1. The first-order valence-corrected chi connectivity index (χ1v) is 8.11. The van der Waals surface area contributed by atoms with E-state index in [1.165, 1.54) is 19.1 Å². The lowest BCUT2D eigenvalue weighted by Crippen LogP contribution is -2.34. The molecule has 0 bridgehead atoms. The van der Waals surface area contributed by atoms with Gasteiger partial charge < -0.3 is 10.6 Å². The Bertz CT molecular complexity index is 540. The Morgan fingerprint density at radius 3 is 2.67 bits per heavy atom. The van der Waals surface area contributed by atoms with E-state index in [0.717, 1.165) is 18.8 Å². The van der Waals surface area contributed by atoms with Crippen LogP contribution in [-0.2, 0) is 9.84 Å². The second-order valence-corrected chi connectivity index (χ2v) is 7.17. The number of nitrogen functional groups attached to an aromatic ring is 1. The summed E-state index contributed by atoms with van der Waals surface area (Å²) in [5.74, 6) is 0.676. The minimum absolute atomic E-state index is 0.219. The van der Waals surface area contributed by atoms with Crippen LogP contribution >= 0.6 is 0 Å². The molecule has 18 heavy (non-hydrogen) atoms. The molecule has 2 N–H and O–H groups in total. The third-order valence-corrected chi connectivity index (χ3v) is 4.59. The third-order valence-electron chi connectivity index (χ3n) is 3.42. The smallest absolute Gasteiger partial charge is 0.177 e. The molecule has 1 aromatic rings. The van der Waals surface area contributed by atoms with Gasteiger partial charge in [-0.3, -0.25) is 0 Å². The highest BCUT2D eigenvalue weighted by molar-refractivity contribution is 7.90. The molecule has 1 heterocycles. The van der Waals surface area contributed by atoms with Crippen LogP contribution in [-0.4, -0.2) is 27.8 Å². The minimum atomic E-state index is -3.24. The predicted molar refractivity (Wildman–Crippen MR) is 74.6 cm³/mol. The van der Waals surface area contributed by atoms with Crippen LogP contribution in [0.1, 0.15) is 19.8 Å². The maximum Gasteiger partial charge on any atom is 0.177 e. The zero-order chi connectivity index (χ0) is 13.3. The number of hydrogen-bond acceptors (Lipinski definition) is 4. The first kappa shape index (κ1) is 13.2. The molecular weight excluding hydrogens is 248 g/mol. The molecular formula is C13H20N2O2S. The summed E-state index contributed by atoms with van der Waals surface area (Å²) in [6, 6.07) is 5.23. The molecule has 0 radical (unpaired) electrons. The highest BCUT2D eigenvalue weighted by atomic mass is 32.2. The van der Waals surface area contributed by atoms with Crippen molar-refractivity contribution in [2.24, 2.45) is 5.92 Å². The largest absolute Gasteiger partial charge is 0.398 e. The number of benzene rings is 1. The monoisotopic (exact) mass is 268 g/mol. The molecule has 0 aromatic heterocycles. The van der Waals surface area contributed by atoms with Crippen molar-refractivity contribution in [3.8, 4) is 0 Å². The minimum Gasteiger partial charge on any atom is -0.398 e. The van der Waals surface area contributed by atoms with E-state index < -0.39 is 9.84 Å². The van der Waals surface area contributed by atoms with E-state index in [0.29, 0.717) is 11.6 Å². The normalized spacial score (nSPS) is 21.0. The van der Waals surface area contributed by atoms with Gasteiger partial charge in [0, 0.05) is 25.0 Å². The van der Waals surface area contributed by atoms with Gasteiger partial charge in [0.25, 0.3) is 0 Å². The number of hydrogen-bond donors (Lipinski definition) is 1. The molecule has 0 aliphatic carbocycles. The second-order valence-electron chi connectivity index (χ2n) is 5.19. The molecule has 100 valence electrons. The summed E-state index contributed by atoms with van der Waals surface area (Å²) in [7, 11) is -3.24. The van der Waals surface area contributed by atoms with E-state index in [-0.39, 0.29) is 4.90 Å². The summed E-state index contributed by atoms with van der Waals surface area (Å²) in [4.78, 5) is 2.49. The fourth-order valence-electron chi connectivity index (χ4n) is 2.49. The number of nitrogens with zero attached hydrogens (tertiary/aromatic N) is 1. The van der Waals surface area contributed by atoms with Crippen molar-refractivity contribution < 1.29 is 8.42 Å². The van der Waals surface area contributed by atoms with E-state index in [2.05, 4.69) is 11.8 Å². The SMILES string of the molecule is CC1CCCN(c2ccc(S(C)(=O)=O)c(N)c2)C1. The van der Waals surface area contributed by atoms with Crippen LogP contribution in [0.2, 0.25) is 0 Å². The molecule has 5 heteroatoms. The van der Waals surface area contributed by atoms with Crippen LogP contribution < -0.4 is 10.6 Å². The summed E-state index contributed by atoms with van der Waals surface area (Å²) < 4.78 is 23.0. The van der Waals surface area contributed by atoms with Gasteiger partial charge in [-0.25, -0.2) is 8.42 Å². The van der Waals surface area contributed by atoms with Gasteiger partial charge >= 0.3 is 0 Å². The average Bonchev–Trinajstić information content (AvgIpc) is 2.27. The van der Waals surface area contributed by atoms with Gasteiger partial charge in [-0.05, 0) is 37.0 Å². The molecule has 2 rings (SSSR count). The molecule has 0 amide bonds. The Kier molecular flexibility index (Phi) is 3.52. The van der Waals surface area contributed by atoms with Crippen LogP contribution in [0.3, 0.4) is 0 Å². The van der Waals surface area contributed by atoms with Gasteiger partial charge in [-0.15, -0.1) is 0 Å². The lowest BCUT2D eigenvalue weighted by molar-refractivity contribution is 0.447. The number of sulfone groups is 1. The molecule has 1 fully saturated rings. The van der Waals surface area contributed by atoms with Crippen LogP contribution in [0, 0.1) is 5.92 Å². The molecule has 1 aromatic carbocycles. The average molecular weight is 268 g/mol. The first-order chi connectivity index (χ1) is 8.38. The van der Waals surface area contributed by atoms with Crippen molar-refractivity contribution in [1.82, 2.24) is 0 Å². The number of anilines is 2. The van der Waals surface area contributed by atoms with Gasteiger partial charge in [-0.1, -0.05) is 6.92 Å². The maximum atomic E-state index is 11.5. The Morgan fingerprint density at radius 2 is 2.11 bits per heavy atom. The summed E-state index contributed by atoms with van der Waals surface area (Å²) in [5, 5.41) is 0. The quantitative estimate of drug-likeness (QED) is 0.832. The van der Waals surface area contributed by atoms with Crippen molar-refractivity contribution in [3.05, 3.63) is 18.2 Å². The zero-order valence-corrected chi connectivity index (χ0v) is 11.7. The summed E-state index contributed by atoms with van der Waals surface area (Å²) in [6.07, 6.45) is 3.61. The maximum absolute atomic E-state index is 11.5. The van der Waals surface area contributed by atoms with Gasteiger partial charge in [0.15, 0.2) is 9.84 Å². The molecule has 4 nitrogen and oxygen atoms in total. The Balaban J connectivity index is 2.29. The van der Waals surface area contributed by atoms with Crippen LogP contribution in [0.4, 0.5) is 11.4 Å². The molecule has 1 atom stereocenters. The fourth-order valence-corrected chi connectivity index (χ4v) is 3.30. The molecule has 1 aliphatic rings. The van der Waals surface area contributed by atoms with Crippen LogP contribution in [0.15, 0.2) is 23.1 Å².